The molecule has 3 heterocycles. The number of primary amides is 1. The van der Waals surface area contributed by atoms with Crippen molar-refractivity contribution >= 4 is 23.3 Å². The molecule has 5 rings (SSSR count). The molecular formula is C27H26N6O2. The third-order valence-corrected chi connectivity index (χ3v) is 6.18. The fraction of sp³-hybridized carbons (Fsp3) is 0.185. The molecule has 2 amide bonds. The van der Waals surface area contributed by atoms with Gasteiger partial charge in [0, 0.05) is 24.8 Å². The van der Waals surface area contributed by atoms with Gasteiger partial charge in [0.2, 0.25) is 5.91 Å². The van der Waals surface area contributed by atoms with Crippen molar-refractivity contribution in [1.29, 1.82) is 0 Å². The van der Waals surface area contributed by atoms with Crippen LogP contribution < -0.4 is 16.0 Å². The maximum absolute atomic E-state index is 13.3. The fourth-order valence-corrected chi connectivity index (χ4v) is 4.33. The van der Waals surface area contributed by atoms with Gasteiger partial charge in [-0.25, -0.2) is 9.67 Å². The second-order valence-electron chi connectivity index (χ2n) is 8.58. The van der Waals surface area contributed by atoms with Gasteiger partial charge in [-0.2, -0.15) is 5.10 Å². The van der Waals surface area contributed by atoms with Crippen LogP contribution in [-0.4, -0.2) is 39.7 Å². The quantitative estimate of drug-likeness (QED) is 0.448. The Labute approximate surface area is 203 Å². The number of carbonyl (C=O) groups is 2. The molecule has 2 aromatic heterocycles. The predicted molar refractivity (Wildman–Crippen MR) is 135 cm³/mol. The highest BCUT2D eigenvalue weighted by Crippen LogP contribution is 2.26. The molecule has 4 aromatic rings. The Bertz CT molecular complexity index is 1320. The molecule has 1 unspecified atom stereocenters. The number of rotatable bonds is 6. The fourth-order valence-electron chi connectivity index (χ4n) is 4.33. The summed E-state index contributed by atoms with van der Waals surface area (Å²) in [5.41, 5.74) is 8.86. The second kappa shape index (κ2) is 9.80. The molecular weight excluding hydrogens is 440 g/mol. The van der Waals surface area contributed by atoms with Gasteiger partial charge < -0.3 is 16.0 Å². The van der Waals surface area contributed by atoms with Crippen LogP contribution in [0.2, 0.25) is 0 Å². The van der Waals surface area contributed by atoms with E-state index in [1.165, 1.54) is 0 Å². The Balaban J connectivity index is 1.38. The second-order valence-corrected chi connectivity index (χ2v) is 8.58. The Kier molecular flexibility index (Phi) is 6.26. The zero-order chi connectivity index (χ0) is 24.2. The number of pyridine rings is 1. The zero-order valence-electron chi connectivity index (χ0n) is 19.2. The number of hydrogen-bond donors (Lipinski definition) is 2. The van der Waals surface area contributed by atoms with Crippen LogP contribution in [0.1, 0.15) is 23.2 Å². The summed E-state index contributed by atoms with van der Waals surface area (Å²) >= 11 is 0. The lowest BCUT2D eigenvalue weighted by Crippen LogP contribution is -2.41. The van der Waals surface area contributed by atoms with Gasteiger partial charge in [-0.15, -0.1) is 0 Å². The van der Waals surface area contributed by atoms with Crippen LogP contribution in [0.5, 0.6) is 0 Å². The molecule has 0 saturated carbocycles. The number of amides is 2. The first-order valence-corrected chi connectivity index (χ1v) is 11.6. The molecule has 8 heteroatoms. The van der Waals surface area contributed by atoms with Crippen LogP contribution >= 0.6 is 0 Å². The van der Waals surface area contributed by atoms with Crippen LogP contribution in [0, 0.1) is 5.92 Å². The van der Waals surface area contributed by atoms with Crippen molar-refractivity contribution in [2.24, 2.45) is 11.7 Å². The van der Waals surface area contributed by atoms with E-state index in [1.807, 2.05) is 72.8 Å². The number of nitrogens with zero attached hydrogens (tertiary/aromatic N) is 4. The van der Waals surface area contributed by atoms with Crippen LogP contribution in [0.25, 0.3) is 16.9 Å². The Hall–Kier alpha value is -4.46. The summed E-state index contributed by atoms with van der Waals surface area (Å²) in [4.78, 5) is 31.5. The van der Waals surface area contributed by atoms with E-state index < -0.39 is 0 Å². The molecule has 176 valence electrons. The molecule has 1 aliphatic rings. The average Bonchev–Trinajstić information content (AvgIpc) is 3.36. The minimum absolute atomic E-state index is 0.164. The van der Waals surface area contributed by atoms with Crippen LogP contribution in [-0.2, 0) is 4.79 Å². The van der Waals surface area contributed by atoms with Gasteiger partial charge in [0.15, 0.2) is 0 Å². The maximum atomic E-state index is 13.3. The van der Waals surface area contributed by atoms with Gasteiger partial charge in [0.1, 0.15) is 11.5 Å². The average molecular weight is 467 g/mol. The molecule has 8 nitrogen and oxygen atoms in total. The SMILES string of the molecule is NC(=O)C1CCCN(c2ccc(NC(=O)c3cn(-c4ccccc4)nc3-c3ccccc3)cn2)C1. The van der Waals surface area contributed by atoms with E-state index in [4.69, 9.17) is 10.8 Å². The molecule has 0 bridgehead atoms. The van der Waals surface area contributed by atoms with Crippen LogP contribution in [0.4, 0.5) is 11.5 Å². The number of benzene rings is 2. The highest BCUT2D eigenvalue weighted by molar-refractivity contribution is 6.08. The number of hydrogen-bond acceptors (Lipinski definition) is 5. The molecule has 35 heavy (non-hydrogen) atoms. The van der Waals surface area contributed by atoms with Crippen molar-refractivity contribution in [1.82, 2.24) is 14.8 Å². The Morgan fingerprint density at radius 2 is 1.71 bits per heavy atom. The van der Waals surface area contributed by atoms with Crippen molar-refractivity contribution in [2.75, 3.05) is 23.3 Å². The van der Waals surface area contributed by atoms with Gasteiger partial charge >= 0.3 is 0 Å². The molecule has 2 aromatic carbocycles. The zero-order valence-corrected chi connectivity index (χ0v) is 19.2. The van der Waals surface area contributed by atoms with Crippen molar-refractivity contribution in [2.45, 2.75) is 12.8 Å². The molecule has 0 spiro atoms. The summed E-state index contributed by atoms with van der Waals surface area (Å²) in [7, 11) is 0. The summed E-state index contributed by atoms with van der Waals surface area (Å²) in [6, 6.07) is 23.0. The first-order valence-electron chi connectivity index (χ1n) is 11.6. The molecule has 1 saturated heterocycles. The number of para-hydroxylation sites is 1. The van der Waals surface area contributed by atoms with Crippen molar-refractivity contribution in [3.63, 3.8) is 0 Å². The van der Waals surface area contributed by atoms with E-state index >= 15 is 0 Å². The van der Waals surface area contributed by atoms with E-state index in [-0.39, 0.29) is 17.7 Å². The number of carbonyl (C=O) groups excluding carboxylic acids is 2. The van der Waals surface area contributed by atoms with E-state index in [1.54, 1.807) is 17.1 Å². The first kappa shape index (κ1) is 22.3. The van der Waals surface area contributed by atoms with Gasteiger partial charge in [-0.3, -0.25) is 9.59 Å². The normalized spacial score (nSPS) is 15.5. The van der Waals surface area contributed by atoms with Gasteiger partial charge in [0.25, 0.3) is 5.91 Å². The van der Waals surface area contributed by atoms with Crippen LogP contribution in [0.3, 0.4) is 0 Å². The number of nitrogens with two attached hydrogens (primary N) is 1. The van der Waals surface area contributed by atoms with Gasteiger partial charge in [-0.1, -0.05) is 48.5 Å². The largest absolute Gasteiger partial charge is 0.369 e. The molecule has 1 aliphatic heterocycles. The lowest BCUT2D eigenvalue weighted by molar-refractivity contribution is -0.122. The van der Waals surface area contributed by atoms with E-state index in [2.05, 4.69) is 15.2 Å². The minimum atomic E-state index is -0.274. The van der Waals surface area contributed by atoms with Crippen LogP contribution in [0.15, 0.2) is 85.2 Å². The highest BCUT2D eigenvalue weighted by Gasteiger charge is 2.25. The lowest BCUT2D eigenvalue weighted by atomic mass is 9.97. The van der Waals surface area contributed by atoms with Crippen molar-refractivity contribution in [3.05, 3.63) is 90.8 Å². The van der Waals surface area contributed by atoms with Crippen molar-refractivity contribution in [3.8, 4) is 16.9 Å². The minimum Gasteiger partial charge on any atom is -0.369 e. The maximum Gasteiger partial charge on any atom is 0.259 e. The molecule has 1 atom stereocenters. The number of anilines is 2. The third-order valence-electron chi connectivity index (χ3n) is 6.18. The molecule has 1 fully saturated rings. The third kappa shape index (κ3) is 4.91. The lowest BCUT2D eigenvalue weighted by Gasteiger charge is -2.32. The molecule has 0 radical (unpaired) electrons. The van der Waals surface area contributed by atoms with Gasteiger partial charge in [-0.05, 0) is 37.1 Å². The summed E-state index contributed by atoms with van der Waals surface area (Å²) in [5, 5.41) is 7.65. The predicted octanol–water partition coefficient (Wildman–Crippen LogP) is 3.89. The van der Waals surface area contributed by atoms with E-state index in [0.717, 1.165) is 36.5 Å². The smallest absolute Gasteiger partial charge is 0.259 e. The highest BCUT2D eigenvalue weighted by atomic mass is 16.2. The Morgan fingerprint density at radius 1 is 0.971 bits per heavy atom. The monoisotopic (exact) mass is 466 g/mol. The number of aromatic nitrogens is 3. The van der Waals surface area contributed by atoms with E-state index in [9.17, 15) is 9.59 Å². The summed E-state index contributed by atoms with van der Waals surface area (Å²) < 4.78 is 1.71. The first-order chi connectivity index (χ1) is 17.1. The topological polar surface area (TPSA) is 106 Å². The van der Waals surface area contributed by atoms with E-state index in [0.29, 0.717) is 23.5 Å². The number of nitrogens with one attached hydrogen (secondary N) is 1. The van der Waals surface area contributed by atoms with Gasteiger partial charge in [0.05, 0.1) is 29.1 Å². The summed E-state index contributed by atoms with van der Waals surface area (Å²) in [5.74, 6) is 0.0505. The molecule has 3 N–H and O–H groups in total. The molecule has 0 aliphatic carbocycles. The summed E-state index contributed by atoms with van der Waals surface area (Å²) in [6.07, 6.45) is 5.07. The number of piperidine rings is 1. The summed E-state index contributed by atoms with van der Waals surface area (Å²) in [6.45, 7) is 1.38. The Morgan fingerprint density at radius 3 is 2.40 bits per heavy atom. The van der Waals surface area contributed by atoms with Crippen molar-refractivity contribution < 1.29 is 9.59 Å². The standard InChI is InChI=1S/C27H26N6O2/c28-26(34)20-10-7-15-32(17-20)24-14-13-21(16-29-24)30-27(35)23-18-33(22-11-5-2-6-12-22)31-25(23)19-8-3-1-4-9-19/h1-6,8-9,11-14,16,18,20H,7,10,15,17H2,(H2,28,34)(H,30,35).